The summed E-state index contributed by atoms with van der Waals surface area (Å²) in [5.74, 6) is 1.05. The van der Waals surface area contributed by atoms with Gasteiger partial charge in [-0.3, -0.25) is 9.59 Å². The first-order valence-corrected chi connectivity index (χ1v) is 12.9. The van der Waals surface area contributed by atoms with Crippen molar-refractivity contribution < 1.29 is 14.7 Å². The average molecular weight is 449 g/mol. The molecule has 0 radical (unpaired) electrons. The van der Waals surface area contributed by atoms with Crippen LogP contribution in [-0.2, 0) is 4.79 Å². The van der Waals surface area contributed by atoms with E-state index in [1.807, 2.05) is 0 Å². The predicted octanol–water partition coefficient (Wildman–Crippen LogP) is 5.45. The van der Waals surface area contributed by atoms with Crippen molar-refractivity contribution in [1.29, 1.82) is 0 Å². The Morgan fingerprint density at radius 3 is 2.26 bits per heavy atom. The quantitative estimate of drug-likeness (QED) is 0.206. The van der Waals surface area contributed by atoms with E-state index < -0.39 is 0 Å². The Bertz CT molecular complexity index is 649. The molecule has 0 bridgehead atoms. The van der Waals surface area contributed by atoms with Crippen LogP contribution in [0.3, 0.4) is 0 Å². The van der Waals surface area contributed by atoms with Gasteiger partial charge in [0, 0.05) is 13.1 Å². The number of carbonyl (C=O) groups is 2. The lowest BCUT2D eigenvalue weighted by atomic mass is 10.1. The minimum absolute atomic E-state index is 0.0105. The molecule has 6 heteroatoms. The van der Waals surface area contributed by atoms with Gasteiger partial charge in [0.25, 0.3) is 5.91 Å². The number of phenolic OH excluding ortho intramolecular Hbond substituents is 1. The summed E-state index contributed by atoms with van der Waals surface area (Å²) in [5.41, 5.74) is 0.238. The number of para-hydroxylation sites is 1. The van der Waals surface area contributed by atoms with Crippen LogP contribution in [0, 0.1) is 0 Å². The second-order valence-electron chi connectivity index (χ2n) is 7.70. The Morgan fingerprint density at radius 1 is 0.903 bits per heavy atom. The molecule has 0 unspecified atom stereocenters. The van der Waals surface area contributed by atoms with Gasteiger partial charge in [0.05, 0.1) is 11.3 Å². The lowest BCUT2D eigenvalue weighted by Crippen LogP contribution is -2.35. The summed E-state index contributed by atoms with van der Waals surface area (Å²) < 4.78 is 0. The molecule has 0 atom stereocenters. The molecule has 0 aliphatic heterocycles. The SMILES string of the molecule is CCCCCCCC=CCCCCCSCC(=O)NCCNC(=O)c1ccccc1O. The Kier molecular flexibility index (Phi) is 16.4. The summed E-state index contributed by atoms with van der Waals surface area (Å²) in [6.45, 7) is 2.96. The summed E-state index contributed by atoms with van der Waals surface area (Å²) in [4.78, 5) is 23.8. The molecular weight excluding hydrogens is 408 g/mol. The van der Waals surface area contributed by atoms with Gasteiger partial charge in [-0.2, -0.15) is 11.8 Å². The smallest absolute Gasteiger partial charge is 0.255 e. The maximum absolute atomic E-state index is 11.9. The van der Waals surface area contributed by atoms with Crippen LogP contribution in [0.4, 0.5) is 0 Å². The molecule has 0 fully saturated rings. The van der Waals surface area contributed by atoms with E-state index in [4.69, 9.17) is 0 Å². The highest BCUT2D eigenvalue weighted by atomic mass is 32.2. The third-order valence-corrected chi connectivity index (χ3v) is 5.96. The van der Waals surface area contributed by atoms with Crippen molar-refractivity contribution in [3.05, 3.63) is 42.0 Å². The van der Waals surface area contributed by atoms with Gasteiger partial charge < -0.3 is 15.7 Å². The molecule has 0 saturated carbocycles. The number of amides is 2. The number of allylic oxidation sites excluding steroid dienone is 2. The zero-order valence-corrected chi connectivity index (χ0v) is 19.9. The minimum Gasteiger partial charge on any atom is -0.507 e. The summed E-state index contributed by atoms with van der Waals surface area (Å²) in [5, 5.41) is 15.1. The number of unbranched alkanes of at least 4 members (excludes halogenated alkanes) is 8. The molecule has 0 aliphatic carbocycles. The van der Waals surface area contributed by atoms with Crippen molar-refractivity contribution in [1.82, 2.24) is 10.6 Å². The first-order valence-electron chi connectivity index (χ1n) is 11.7. The van der Waals surface area contributed by atoms with Gasteiger partial charge in [0.15, 0.2) is 0 Å². The number of aromatic hydroxyl groups is 1. The largest absolute Gasteiger partial charge is 0.507 e. The lowest BCUT2D eigenvalue weighted by molar-refractivity contribution is -0.118. The lowest BCUT2D eigenvalue weighted by Gasteiger charge is -2.08. The highest BCUT2D eigenvalue weighted by Crippen LogP contribution is 2.14. The molecule has 0 aliphatic rings. The zero-order chi connectivity index (χ0) is 22.6. The van der Waals surface area contributed by atoms with Crippen molar-refractivity contribution in [2.75, 3.05) is 24.6 Å². The van der Waals surface area contributed by atoms with E-state index >= 15 is 0 Å². The predicted molar refractivity (Wildman–Crippen MR) is 132 cm³/mol. The molecule has 0 spiro atoms. The first kappa shape index (κ1) is 27.1. The number of rotatable bonds is 18. The third kappa shape index (κ3) is 14.6. The van der Waals surface area contributed by atoms with Crippen LogP contribution in [0.2, 0.25) is 0 Å². The van der Waals surface area contributed by atoms with Crippen molar-refractivity contribution in [3.63, 3.8) is 0 Å². The van der Waals surface area contributed by atoms with Crippen molar-refractivity contribution in [3.8, 4) is 5.75 Å². The van der Waals surface area contributed by atoms with Crippen LogP contribution in [-0.4, -0.2) is 41.5 Å². The molecule has 0 heterocycles. The Hall–Kier alpha value is -1.95. The van der Waals surface area contributed by atoms with Gasteiger partial charge >= 0.3 is 0 Å². The Morgan fingerprint density at radius 2 is 1.55 bits per heavy atom. The van der Waals surface area contributed by atoms with E-state index in [9.17, 15) is 14.7 Å². The molecule has 174 valence electrons. The molecule has 1 rings (SSSR count). The summed E-state index contributed by atoms with van der Waals surface area (Å²) in [6, 6.07) is 6.39. The van der Waals surface area contributed by atoms with Gasteiger partial charge in [-0.1, -0.05) is 63.3 Å². The molecule has 1 aromatic carbocycles. The van der Waals surface area contributed by atoms with E-state index in [1.54, 1.807) is 30.0 Å². The number of nitrogens with one attached hydrogen (secondary N) is 2. The highest BCUT2D eigenvalue weighted by Gasteiger charge is 2.09. The average Bonchev–Trinajstić information content (AvgIpc) is 2.77. The van der Waals surface area contributed by atoms with Crippen LogP contribution in [0.25, 0.3) is 0 Å². The maximum Gasteiger partial charge on any atom is 0.255 e. The second kappa shape index (κ2) is 18.8. The van der Waals surface area contributed by atoms with Crippen LogP contribution in [0.5, 0.6) is 5.75 Å². The Balaban J connectivity index is 1.89. The monoisotopic (exact) mass is 448 g/mol. The fourth-order valence-corrected chi connectivity index (χ4v) is 3.94. The van der Waals surface area contributed by atoms with Crippen LogP contribution in [0.1, 0.15) is 81.5 Å². The van der Waals surface area contributed by atoms with Crippen molar-refractivity contribution >= 4 is 23.6 Å². The number of phenols is 1. The third-order valence-electron chi connectivity index (χ3n) is 4.92. The van der Waals surface area contributed by atoms with E-state index in [2.05, 4.69) is 29.7 Å². The summed E-state index contributed by atoms with van der Waals surface area (Å²) in [6.07, 6.45) is 17.3. The zero-order valence-electron chi connectivity index (χ0n) is 19.0. The van der Waals surface area contributed by atoms with E-state index in [-0.39, 0.29) is 23.1 Å². The number of hydrogen-bond acceptors (Lipinski definition) is 4. The van der Waals surface area contributed by atoms with E-state index in [0.717, 1.165) is 18.6 Å². The summed E-state index contributed by atoms with van der Waals surface area (Å²) in [7, 11) is 0. The molecule has 3 N–H and O–H groups in total. The standard InChI is InChI=1S/C25H40N2O3S/c1-2-3-4-5-6-7-8-9-10-11-12-15-20-31-21-24(29)26-18-19-27-25(30)22-16-13-14-17-23(22)28/h8-9,13-14,16-17,28H,2-7,10-12,15,18-21H2,1H3,(H,26,29)(H,27,30). The van der Waals surface area contributed by atoms with Crippen LogP contribution in [0.15, 0.2) is 36.4 Å². The molecular formula is C25H40N2O3S. The number of benzene rings is 1. The molecule has 0 aromatic heterocycles. The van der Waals surface area contributed by atoms with Crippen LogP contribution >= 0.6 is 11.8 Å². The first-order chi connectivity index (χ1) is 15.1. The molecule has 2 amide bonds. The summed E-state index contributed by atoms with van der Waals surface area (Å²) >= 11 is 1.66. The van der Waals surface area contributed by atoms with Crippen molar-refractivity contribution in [2.24, 2.45) is 0 Å². The normalized spacial score (nSPS) is 11.0. The second-order valence-corrected chi connectivity index (χ2v) is 8.80. The highest BCUT2D eigenvalue weighted by molar-refractivity contribution is 7.99. The number of thioether (sulfide) groups is 1. The topological polar surface area (TPSA) is 78.4 Å². The fourth-order valence-electron chi connectivity index (χ4n) is 3.10. The van der Waals surface area contributed by atoms with E-state index in [1.165, 1.54) is 57.4 Å². The molecule has 0 saturated heterocycles. The molecule has 31 heavy (non-hydrogen) atoms. The van der Waals surface area contributed by atoms with Gasteiger partial charge in [-0.25, -0.2) is 0 Å². The molecule has 1 aromatic rings. The minimum atomic E-state index is -0.344. The van der Waals surface area contributed by atoms with Gasteiger partial charge in [-0.15, -0.1) is 0 Å². The maximum atomic E-state index is 11.9. The fraction of sp³-hybridized carbons (Fsp3) is 0.600. The molecule has 5 nitrogen and oxygen atoms in total. The number of carbonyl (C=O) groups excluding carboxylic acids is 2. The van der Waals surface area contributed by atoms with Crippen molar-refractivity contribution in [2.45, 2.75) is 71.1 Å². The van der Waals surface area contributed by atoms with Gasteiger partial charge in [-0.05, 0) is 50.0 Å². The van der Waals surface area contributed by atoms with Gasteiger partial charge in [0.2, 0.25) is 5.91 Å². The Labute approximate surface area is 192 Å². The van der Waals surface area contributed by atoms with E-state index in [0.29, 0.717) is 18.8 Å². The number of hydrogen-bond donors (Lipinski definition) is 3. The van der Waals surface area contributed by atoms with Crippen LogP contribution < -0.4 is 10.6 Å². The van der Waals surface area contributed by atoms with Gasteiger partial charge in [0.1, 0.15) is 5.75 Å².